The molecule has 0 aliphatic rings. The second kappa shape index (κ2) is 10.3. The van der Waals surface area contributed by atoms with Crippen LogP contribution in [0.5, 0.6) is 11.5 Å². The molecule has 2 aromatic carbocycles. The van der Waals surface area contributed by atoms with Crippen LogP contribution in [0.25, 0.3) is 0 Å². The number of nitro groups is 2. The number of ether oxygens (including phenoxy) is 1. The van der Waals surface area contributed by atoms with Gasteiger partial charge in [-0.2, -0.15) is 4.21 Å². The Labute approximate surface area is 164 Å². The summed E-state index contributed by atoms with van der Waals surface area (Å²) in [4.78, 5) is 19.3. The smallest absolute Gasteiger partial charge is 0.359 e. The zero-order valence-corrected chi connectivity index (χ0v) is 16.8. The quantitative estimate of drug-likeness (QED) is 0.518. The van der Waals surface area contributed by atoms with Crippen molar-refractivity contribution >= 4 is 22.7 Å². The van der Waals surface area contributed by atoms with Crippen molar-refractivity contribution in [2.45, 2.75) is 20.8 Å². The highest BCUT2D eigenvalue weighted by atomic mass is 32.2. The summed E-state index contributed by atoms with van der Waals surface area (Å²) in [5, 5.41) is 20.8. The SMILES string of the molecule is COS(=O)Oc1c(C)cc(C)cc1C.COc1ccc([N+](=O)[O-])cc1[N+](=O)[O-]. The summed E-state index contributed by atoms with van der Waals surface area (Å²) in [7, 11) is 2.60. The van der Waals surface area contributed by atoms with Crippen LogP contribution in [0.1, 0.15) is 16.7 Å². The lowest BCUT2D eigenvalue weighted by Crippen LogP contribution is -2.04. The van der Waals surface area contributed by atoms with Crippen LogP contribution in [0.4, 0.5) is 11.4 Å². The first-order valence-electron chi connectivity index (χ1n) is 7.79. The Balaban J connectivity index is 0.000000280. The maximum atomic E-state index is 11.0. The molecular weight excluding hydrogens is 392 g/mol. The topological polar surface area (TPSA) is 131 Å². The molecule has 10 nitrogen and oxygen atoms in total. The van der Waals surface area contributed by atoms with E-state index < -0.39 is 26.9 Å². The molecule has 0 heterocycles. The lowest BCUT2D eigenvalue weighted by molar-refractivity contribution is -0.394. The Bertz CT molecular complexity index is 878. The molecule has 1 unspecified atom stereocenters. The summed E-state index contributed by atoms with van der Waals surface area (Å²) in [5.74, 6) is 0.636. The molecule has 11 heteroatoms. The monoisotopic (exact) mass is 412 g/mol. The van der Waals surface area contributed by atoms with Crippen LogP contribution in [-0.4, -0.2) is 28.3 Å². The zero-order chi connectivity index (χ0) is 21.4. The zero-order valence-electron chi connectivity index (χ0n) is 16.0. The highest BCUT2D eigenvalue weighted by Crippen LogP contribution is 2.30. The summed E-state index contributed by atoms with van der Waals surface area (Å²) in [6.07, 6.45) is 0. The number of nitro benzene ring substituents is 2. The van der Waals surface area contributed by atoms with E-state index in [-0.39, 0.29) is 11.4 Å². The summed E-state index contributed by atoms with van der Waals surface area (Å²) < 4.78 is 25.4. The third kappa shape index (κ3) is 6.28. The van der Waals surface area contributed by atoms with Crippen molar-refractivity contribution in [3.05, 3.63) is 67.3 Å². The Morgan fingerprint density at radius 1 is 0.929 bits per heavy atom. The third-order valence-electron chi connectivity index (χ3n) is 3.46. The average molecular weight is 412 g/mol. The van der Waals surface area contributed by atoms with Crippen LogP contribution >= 0.6 is 0 Å². The lowest BCUT2D eigenvalue weighted by atomic mass is 10.1. The van der Waals surface area contributed by atoms with Crippen molar-refractivity contribution in [2.75, 3.05) is 14.2 Å². The van der Waals surface area contributed by atoms with Crippen LogP contribution in [0.15, 0.2) is 30.3 Å². The van der Waals surface area contributed by atoms with Crippen molar-refractivity contribution < 1.29 is 27.2 Å². The molecule has 0 aromatic heterocycles. The van der Waals surface area contributed by atoms with E-state index in [0.717, 1.165) is 28.8 Å². The fourth-order valence-electron chi connectivity index (χ4n) is 2.33. The highest BCUT2D eigenvalue weighted by molar-refractivity contribution is 7.75. The van der Waals surface area contributed by atoms with Crippen molar-refractivity contribution in [2.24, 2.45) is 0 Å². The summed E-state index contributed by atoms with van der Waals surface area (Å²) >= 11 is -1.71. The van der Waals surface area contributed by atoms with E-state index >= 15 is 0 Å². The van der Waals surface area contributed by atoms with Gasteiger partial charge in [-0.05, 0) is 38.0 Å². The van der Waals surface area contributed by atoms with Crippen LogP contribution in [0.2, 0.25) is 0 Å². The predicted molar refractivity (Wildman–Crippen MR) is 103 cm³/mol. The molecule has 0 aliphatic carbocycles. The molecule has 0 fully saturated rings. The highest BCUT2D eigenvalue weighted by Gasteiger charge is 2.19. The summed E-state index contributed by atoms with van der Waals surface area (Å²) in [6.45, 7) is 5.85. The molecule has 0 radical (unpaired) electrons. The van der Waals surface area contributed by atoms with Gasteiger partial charge < -0.3 is 8.92 Å². The molecule has 0 amide bonds. The van der Waals surface area contributed by atoms with Crippen LogP contribution in [0, 0.1) is 41.0 Å². The molecule has 1 atom stereocenters. The molecule has 0 aliphatic heterocycles. The molecule has 0 bridgehead atoms. The number of hydrogen-bond donors (Lipinski definition) is 0. The Morgan fingerprint density at radius 3 is 1.93 bits per heavy atom. The number of aryl methyl sites for hydroxylation is 3. The first-order valence-corrected chi connectivity index (χ1v) is 8.79. The summed E-state index contributed by atoms with van der Waals surface area (Å²) in [6, 6.07) is 7.16. The van der Waals surface area contributed by atoms with Crippen LogP contribution in [0.3, 0.4) is 0 Å². The van der Waals surface area contributed by atoms with Crippen molar-refractivity contribution in [3.63, 3.8) is 0 Å². The van der Waals surface area contributed by atoms with Gasteiger partial charge in [0.25, 0.3) is 5.69 Å². The fraction of sp³-hybridized carbons (Fsp3) is 0.294. The molecule has 2 rings (SSSR count). The Morgan fingerprint density at radius 2 is 1.50 bits per heavy atom. The van der Waals surface area contributed by atoms with E-state index in [1.165, 1.54) is 20.3 Å². The van der Waals surface area contributed by atoms with Gasteiger partial charge in [-0.1, -0.05) is 17.7 Å². The second-order valence-electron chi connectivity index (χ2n) is 5.55. The van der Waals surface area contributed by atoms with Crippen LogP contribution in [-0.2, 0) is 15.5 Å². The maximum Gasteiger partial charge on any atom is 0.359 e. The molecular formula is C17H20N2O8S. The molecule has 152 valence electrons. The predicted octanol–water partition coefficient (Wildman–Crippen LogP) is 3.73. The van der Waals surface area contributed by atoms with Crippen molar-refractivity contribution in [3.8, 4) is 11.5 Å². The molecule has 0 saturated heterocycles. The number of methoxy groups -OCH3 is 1. The maximum absolute atomic E-state index is 11.0. The van der Waals surface area contributed by atoms with Gasteiger partial charge in [-0.25, -0.2) is 0 Å². The van der Waals surface area contributed by atoms with E-state index in [2.05, 4.69) is 8.92 Å². The number of non-ortho nitro benzene ring substituents is 1. The van der Waals surface area contributed by atoms with Gasteiger partial charge >= 0.3 is 17.0 Å². The number of hydrogen-bond acceptors (Lipinski definition) is 8. The lowest BCUT2D eigenvalue weighted by Gasteiger charge is -2.10. The molecule has 0 N–H and O–H groups in total. The van der Waals surface area contributed by atoms with E-state index in [1.807, 2.05) is 32.9 Å². The van der Waals surface area contributed by atoms with Crippen LogP contribution < -0.4 is 8.92 Å². The largest absolute Gasteiger partial charge is 0.490 e. The third-order valence-corrected chi connectivity index (χ3v) is 4.04. The summed E-state index contributed by atoms with van der Waals surface area (Å²) in [5.41, 5.74) is 2.34. The number of rotatable bonds is 6. The van der Waals surface area contributed by atoms with Gasteiger partial charge in [0.05, 0.1) is 30.1 Å². The second-order valence-corrected chi connectivity index (χ2v) is 6.46. The molecule has 0 saturated carbocycles. The standard InChI is InChI=1S/C10H14O3S.C7H6N2O5/c1-7-5-8(2)10(9(3)6-7)13-14(11)12-4;1-14-7-3-2-5(8(10)11)4-6(7)9(12)13/h5-6H,1-4H3;2-4H,1H3. The number of benzene rings is 2. The Kier molecular flexibility index (Phi) is 8.48. The van der Waals surface area contributed by atoms with Gasteiger partial charge in [-0.3, -0.25) is 24.4 Å². The average Bonchev–Trinajstić information content (AvgIpc) is 2.64. The minimum atomic E-state index is -1.71. The minimum Gasteiger partial charge on any atom is -0.490 e. The van der Waals surface area contributed by atoms with Gasteiger partial charge in [0.15, 0.2) is 5.75 Å². The van der Waals surface area contributed by atoms with Crippen molar-refractivity contribution in [1.29, 1.82) is 0 Å². The molecule has 28 heavy (non-hydrogen) atoms. The fourth-order valence-corrected chi connectivity index (χ4v) is 2.80. The van der Waals surface area contributed by atoms with Gasteiger partial charge in [0, 0.05) is 6.07 Å². The van der Waals surface area contributed by atoms with Gasteiger partial charge in [0.1, 0.15) is 5.75 Å². The van der Waals surface area contributed by atoms with E-state index in [4.69, 9.17) is 4.18 Å². The first kappa shape index (κ1) is 23.0. The van der Waals surface area contributed by atoms with Gasteiger partial charge in [0.2, 0.25) is 0 Å². The normalized spacial score (nSPS) is 11.0. The Hall–Kier alpha value is -3.05. The van der Waals surface area contributed by atoms with Gasteiger partial charge in [-0.15, -0.1) is 0 Å². The first-order chi connectivity index (χ1) is 13.1. The minimum absolute atomic E-state index is 0.000556. The van der Waals surface area contributed by atoms with E-state index in [1.54, 1.807) is 0 Å². The molecule has 2 aromatic rings. The van der Waals surface area contributed by atoms with E-state index in [9.17, 15) is 24.4 Å². The number of nitrogens with zero attached hydrogens (tertiary/aromatic N) is 2. The van der Waals surface area contributed by atoms with E-state index in [0.29, 0.717) is 5.75 Å². The molecule has 0 spiro atoms. The van der Waals surface area contributed by atoms with Crippen molar-refractivity contribution in [1.82, 2.24) is 0 Å².